The number of benzene rings is 2. The highest BCUT2D eigenvalue weighted by molar-refractivity contribution is 7.76. The lowest BCUT2D eigenvalue weighted by Crippen LogP contribution is -2.42. The molecule has 0 spiro atoms. The van der Waals surface area contributed by atoms with Gasteiger partial charge in [-0.1, -0.05) is 57.2 Å². The van der Waals surface area contributed by atoms with Crippen molar-refractivity contribution in [1.29, 1.82) is 0 Å². The highest BCUT2D eigenvalue weighted by Crippen LogP contribution is 2.45. The minimum Gasteiger partial charge on any atom is -0.297 e. The Bertz CT molecular complexity index is 668. The molecular formula is C21H28NOP. The second-order valence-electron chi connectivity index (χ2n) is 8.02. The molecule has 128 valence electrons. The van der Waals surface area contributed by atoms with Crippen molar-refractivity contribution in [2.45, 2.75) is 46.1 Å². The van der Waals surface area contributed by atoms with Gasteiger partial charge in [0.25, 0.3) is 0 Å². The minimum absolute atomic E-state index is 0.287. The zero-order chi connectivity index (χ0) is 17.2. The summed E-state index contributed by atoms with van der Waals surface area (Å²) in [6.45, 7) is 6.96. The normalized spacial score (nSPS) is 23.8. The Morgan fingerprint density at radius 2 is 1.42 bits per heavy atom. The molecule has 0 amide bonds. The van der Waals surface area contributed by atoms with Crippen LogP contribution in [0.3, 0.4) is 0 Å². The maximum absolute atomic E-state index is 14.1. The molecule has 0 aromatic heterocycles. The molecule has 0 bridgehead atoms. The van der Waals surface area contributed by atoms with Crippen molar-refractivity contribution in [2.24, 2.45) is 11.3 Å². The predicted octanol–water partition coefficient (Wildman–Crippen LogP) is 4.72. The van der Waals surface area contributed by atoms with Gasteiger partial charge in [0.05, 0.1) is 0 Å². The van der Waals surface area contributed by atoms with Gasteiger partial charge in [-0.3, -0.25) is 9.65 Å². The summed E-state index contributed by atoms with van der Waals surface area (Å²) >= 11 is 0. The van der Waals surface area contributed by atoms with E-state index in [9.17, 15) is 4.57 Å². The first-order valence-corrected chi connectivity index (χ1v) is 10.6. The van der Waals surface area contributed by atoms with E-state index in [-0.39, 0.29) is 6.04 Å². The summed E-state index contributed by atoms with van der Waals surface area (Å²) in [4.78, 5) is 0. The molecule has 1 aliphatic carbocycles. The quantitative estimate of drug-likeness (QED) is 0.815. The first kappa shape index (κ1) is 17.5. The summed E-state index contributed by atoms with van der Waals surface area (Å²) in [5.41, 5.74) is 0.299. The molecule has 1 fully saturated rings. The Kier molecular flexibility index (Phi) is 4.99. The van der Waals surface area contributed by atoms with Crippen LogP contribution in [0.4, 0.5) is 0 Å². The van der Waals surface area contributed by atoms with Crippen LogP contribution in [0, 0.1) is 11.3 Å². The third-order valence-electron chi connectivity index (χ3n) is 4.99. The van der Waals surface area contributed by atoms with E-state index in [0.717, 1.165) is 23.5 Å². The monoisotopic (exact) mass is 341 g/mol. The van der Waals surface area contributed by atoms with Gasteiger partial charge >= 0.3 is 0 Å². The van der Waals surface area contributed by atoms with Gasteiger partial charge in [-0.05, 0) is 54.9 Å². The zero-order valence-corrected chi connectivity index (χ0v) is 15.8. The molecule has 24 heavy (non-hydrogen) atoms. The molecule has 1 saturated carbocycles. The molecule has 2 nitrogen and oxygen atoms in total. The van der Waals surface area contributed by atoms with Crippen LogP contribution in [0.1, 0.15) is 40.0 Å². The Morgan fingerprint density at radius 3 is 1.88 bits per heavy atom. The fraction of sp³-hybridized carbons (Fsp3) is 0.429. The topological polar surface area (TPSA) is 29.1 Å². The first-order chi connectivity index (χ1) is 11.4. The maximum Gasteiger partial charge on any atom is 0.204 e. The highest BCUT2D eigenvalue weighted by Gasteiger charge is 2.37. The summed E-state index contributed by atoms with van der Waals surface area (Å²) in [5.74, 6) is 0.659. The van der Waals surface area contributed by atoms with Gasteiger partial charge in [-0.2, -0.15) is 0 Å². The van der Waals surface area contributed by atoms with Gasteiger partial charge < -0.3 is 0 Å². The summed E-state index contributed by atoms with van der Waals surface area (Å²) in [6.07, 6.45) is 3.40. The van der Waals surface area contributed by atoms with E-state index in [2.05, 4.69) is 25.9 Å². The molecule has 1 N–H and O–H groups in total. The van der Waals surface area contributed by atoms with Crippen LogP contribution < -0.4 is 15.7 Å². The van der Waals surface area contributed by atoms with Crippen LogP contribution in [-0.4, -0.2) is 6.04 Å². The van der Waals surface area contributed by atoms with Gasteiger partial charge in [0, 0.05) is 16.7 Å². The molecule has 1 aliphatic rings. The van der Waals surface area contributed by atoms with E-state index < -0.39 is 7.29 Å². The second-order valence-corrected chi connectivity index (χ2v) is 10.5. The summed E-state index contributed by atoms with van der Waals surface area (Å²) in [5, 5.41) is 5.40. The van der Waals surface area contributed by atoms with E-state index in [1.54, 1.807) is 0 Å². The fourth-order valence-corrected chi connectivity index (χ4v) is 6.77. The molecule has 2 aromatic carbocycles. The Labute approximate surface area is 146 Å². The van der Waals surface area contributed by atoms with Crippen LogP contribution in [0.2, 0.25) is 0 Å². The number of hydrogen-bond donors (Lipinski definition) is 1. The number of nitrogens with one attached hydrogen (secondary N) is 1. The lowest BCUT2D eigenvalue weighted by Gasteiger charge is -2.40. The maximum atomic E-state index is 14.1. The Balaban J connectivity index is 1.96. The zero-order valence-electron chi connectivity index (χ0n) is 14.9. The number of hydrogen-bond acceptors (Lipinski definition) is 1. The van der Waals surface area contributed by atoms with E-state index in [4.69, 9.17) is 0 Å². The predicted molar refractivity (Wildman–Crippen MR) is 103 cm³/mol. The van der Waals surface area contributed by atoms with Crippen LogP contribution in [0.25, 0.3) is 0 Å². The van der Waals surface area contributed by atoms with Gasteiger partial charge in [0.1, 0.15) is 0 Å². The second kappa shape index (κ2) is 6.86. The van der Waals surface area contributed by atoms with Crippen molar-refractivity contribution in [3.63, 3.8) is 0 Å². The average Bonchev–Trinajstić information content (AvgIpc) is 2.54. The molecule has 0 radical (unpaired) electrons. The van der Waals surface area contributed by atoms with E-state index in [1.807, 2.05) is 60.7 Å². The Morgan fingerprint density at radius 1 is 0.917 bits per heavy atom. The SMILES string of the molecule is C[C@H]1C[C@H](NP(=O)(c2ccccc2)c2ccccc2)CC(C)(C)C1. The van der Waals surface area contributed by atoms with Gasteiger partial charge in [0.2, 0.25) is 7.29 Å². The summed E-state index contributed by atoms with van der Waals surface area (Å²) in [7, 11) is -2.83. The molecule has 0 heterocycles. The molecule has 2 aromatic rings. The minimum atomic E-state index is -2.83. The van der Waals surface area contributed by atoms with Crippen LogP contribution in [0.5, 0.6) is 0 Å². The van der Waals surface area contributed by atoms with Crippen LogP contribution in [0.15, 0.2) is 60.7 Å². The largest absolute Gasteiger partial charge is 0.297 e. The molecular weight excluding hydrogens is 313 g/mol. The van der Waals surface area contributed by atoms with Crippen molar-refractivity contribution in [3.8, 4) is 0 Å². The molecule has 3 heteroatoms. The Hall–Kier alpha value is -1.37. The van der Waals surface area contributed by atoms with Gasteiger partial charge in [0.15, 0.2) is 0 Å². The lowest BCUT2D eigenvalue weighted by atomic mass is 9.71. The van der Waals surface area contributed by atoms with Gasteiger partial charge in [-0.25, -0.2) is 0 Å². The smallest absolute Gasteiger partial charge is 0.204 e. The fourth-order valence-electron chi connectivity index (χ4n) is 4.28. The van der Waals surface area contributed by atoms with Crippen molar-refractivity contribution in [3.05, 3.63) is 60.7 Å². The van der Waals surface area contributed by atoms with Crippen molar-refractivity contribution >= 4 is 17.9 Å². The molecule has 2 atom stereocenters. The van der Waals surface area contributed by atoms with Crippen molar-refractivity contribution in [2.75, 3.05) is 0 Å². The van der Waals surface area contributed by atoms with Crippen LogP contribution >= 0.6 is 7.29 Å². The van der Waals surface area contributed by atoms with E-state index in [0.29, 0.717) is 11.3 Å². The molecule has 0 aliphatic heterocycles. The molecule has 3 rings (SSSR count). The van der Waals surface area contributed by atoms with Crippen LogP contribution in [-0.2, 0) is 4.57 Å². The lowest BCUT2D eigenvalue weighted by molar-refractivity contribution is 0.163. The summed E-state index contributed by atoms with van der Waals surface area (Å²) < 4.78 is 14.1. The van der Waals surface area contributed by atoms with Gasteiger partial charge in [-0.15, -0.1) is 0 Å². The molecule has 0 unspecified atom stereocenters. The van der Waals surface area contributed by atoms with E-state index in [1.165, 1.54) is 6.42 Å². The highest BCUT2D eigenvalue weighted by atomic mass is 31.2. The average molecular weight is 341 g/mol. The van der Waals surface area contributed by atoms with Crippen molar-refractivity contribution in [1.82, 2.24) is 5.09 Å². The standard InChI is InChI=1S/C21H28NOP/c1-17-14-18(16-21(2,3)15-17)22-24(23,19-10-6-4-7-11-19)20-12-8-5-9-13-20/h4-13,17-18H,14-16H2,1-3H3,(H,22,23)/t17-,18-/m0/s1. The van der Waals surface area contributed by atoms with E-state index >= 15 is 0 Å². The van der Waals surface area contributed by atoms with Crippen molar-refractivity contribution < 1.29 is 4.57 Å². The summed E-state index contributed by atoms with van der Waals surface area (Å²) in [6, 6.07) is 20.1. The molecule has 0 saturated heterocycles. The number of rotatable bonds is 4. The third-order valence-corrected chi connectivity index (χ3v) is 7.77. The first-order valence-electron chi connectivity index (χ1n) is 8.88. The third kappa shape index (κ3) is 3.82.